The number of aryl methyl sites for hydroxylation is 2. The van der Waals surface area contributed by atoms with Gasteiger partial charge in [0, 0.05) is 31.8 Å². The van der Waals surface area contributed by atoms with Crippen molar-refractivity contribution in [3.8, 4) is 5.69 Å². The zero-order valence-electron chi connectivity index (χ0n) is 29.1. The molecule has 278 valence electrons. The first-order valence-corrected chi connectivity index (χ1v) is 17.5. The van der Waals surface area contributed by atoms with E-state index >= 15 is 0 Å². The highest BCUT2D eigenvalue weighted by Gasteiger charge is 2.50. The highest BCUT2D eigenvalue weighted by Crippen LogP contribution is 2.53. The maximum atomic E-state index is 12.2. The predicted molar refractivity (Wildman–Crippen MR) is 182 cm³/mol. The van der Waals surface area contributed by atoms with E-state index in [0.717, 1.165) is 37.1 Å². The van der Waals surface area contributed by atoms with Crippen LogP contribution in [0.4, 0.5) is 4.79 Å². The molecule has 4 rings (SSSR count). The van der Waals surface area contributed by atoms with Crippen LogP contribution in [0.2, 0.25) is 0 Å². The Labute approximate surface area is 293 Å². The van der Waals surface area contributed by atoms with Crippen LogP contribution in [0.3, 0.4) is 0 Å². The second kappa shape index (κ2) is 22.3. The molecule has 15 heteroatoms. The van der Waals surface area contributed by atoms with Crippen LogP contribution >= 0.6 is 0 Å². The van der Waals surface area contributed by atoms with Gasteiger partial charge in [0.05, 0.1) is 97.3 Å². The summed E-state index contributed by atoms with van der Waals surface area (Å²) in [6, 6.07) is 7.45. The van der Waals surface area contributed by atoms with E-state index in [1.807, 2.05) is 28.9 Å². The first-order valence-electron chi connectivity index (χ1n) is 17.5. The van der Waals surface area contributed by atoms with Crippen molar-refractivity contribution in [1.82, 2.24) is 20.4 Å². The molecule has 1 saturated carbocycles. The molecular formula is C35H53N5O10. The van der Waals surface area contributed by atoms with Crippen molar-refractivity contribution in [3.63, 3.8) is 0 Å². The number of nitrogens with zero attached hydrogens (tertiary/aromatic N) is 2. The van der Waals surface area contributed by atoms with Gasteiger partial charge in [-0.15, -0.1) is 0 Å². The van der Waals surface area contributed by atoms with Crippen LogP contribution in [0.1, 0.15) is 40.9 Å². The maximum Gasteiger partial charge on any atom is 0.407 e. The number of hydrogen-bond acceptors (Lipinski definition) is 11. The molecule has 2 aliphatic rings. The summed E-state index contributed by atoms with van der Waals surface area (Å²) in [4.78, 5) is 34.6. The molecule has 50 heavy (non-hydrogen) atoms. The van der Waals surface area contributed by atoms with Gasteiger partial charge in [0.2, 0.25) is 5.91 Å². The fourth-order valence-electron chi connectivity index (χ4n) is 5.98. The van der Waals surface area contributed by atoms with E-state index in [1.54, 1.807) is 7.05 Å². The second-order valence-electron chi connectivity index (χ2n) is 12.2. The summed E-state index contributed by atoms with van der Waals surface area (Å²) in [7, 11) is 1.62. The number of ether oxygens (including phenoxy) is 7. The van der Waals surface area contributed by atoms with Gasteiger partial charge in [-0.05, 0) is 73.3 Å². The third kappa shape index (κ3) is 14.0. The number of benzene rings is 1. The molecule has 0 aliphatic heterocycles. The Kier molecular flexibility index (Phi) is 17.5. The summed E-state index contributed by atoms with van der Waals surface area (Å²) < 4.78 is 39.9. The molecule has 2 aromatic rings. The molecular weight excluding hydrogens is 650 g/mol. The van der Waals surface area contributed by atoms with Crippen LogP contribution in [0, 0.1) is 17.8 Å². The Morgan fingerprint density at radius 1 is 0.780 bits per heavy atom. The third-order valence-electron chi connectivity index (χ3n) is 8.74. The zero-order valence-corrected chi connectivity index (χ0v) is 29.1. The number of carbonyl (C=O) groups excluding carboxylic acids is 3. The molecule has 2 aliphatic carbocycles. The number of nitrogens with one attached hydrogen (secondary N) is 2. The van der Waals surface area contributed by atoms with E-state index in [1.165, 1.54) is 5.56 Å². The Balaban J connectivity index is 0.923. The lowest BCUT2D eigenvalue weighted by molar-refractivity contribution is -0.119. The summed E-state index contributed by atoms with van der Waals surface area (Å²) in [6.07, 6.45) is 5.86. The molecule has 4 N–H and O–H groups in total. The minimum atomic E-state index is -0.414. The zero-order chi connectivity index (χ0) is 35.4. The van der Waals surface area contributed by atoms with Gasteiger partial charge in [-0.1, -0.05) is 0 Å². The van der Waals surface area contributed by atoms with Crippen LogP contribution in [-0.4, -0.2) is 127 Å². The quantitative estimate of drug-likeness (QED) is 0.128. The van der Waals surface area contributed by atoms with E-state index in [0.29, 0.717) is 116 Å². The molecule has 0 saturated heterocycles. The number of carbonyl (C=O) groups is 3. The average Bonchev–Trinajstić information content (AvgIpc) is 3.61. The molecule has 1 aromatic carbocycles. The lowest BCUT2D eigenvalue weighted by Crippen LogP contribution is -2.29. The second-order valence-corrected chi connectivity index (χ2v) is 12.2. The molecule has 0 spiro atoms. The number of aromatic nitrogens is 2. The van der Waals surface area contributed by atoms with Crippen molar-refractivity contribution in [2.75, 3.05) is 99.5 Å². The van der Waals surface area contributed by atoms with Crippen LogP contribution in [0.5, 0.6) is 0 Å². The van der Waals surface area contributed by atoms with Gasteiger partial charge >= 0.3 is 6.09 Å². The van der Waals surface area contributed by atoms with E-state index in [9.17, 15) is 14.4 Å². The standard InChI is InChI=1S/C35H53N5O10/c1-37-34(42)26-2-5-28(6-3-26)40-24-27-4-7-29-30(8-9-32(27)39-40)31(29)25-50-35(43)38-11-13-45-15-17-47-19-21-49-23-22-48-20-18-46-16-14-44-12-10-33(36)41/h2-3,5-6,24,29-31H,4,7-23,25H2,1H3,(H2,36,41)(H,37,42)(H,38,43). The molecule has 0 bridgehead atoms. The number of hydrogen-bond donors (Lipinski definition) is 3. The van der Waals surface area contributed by atoms with E-state index in [4.69, 9.17) is 44.0 Å². The summed E-state index contributed by atoms with van der Waals surface area (Å²) in [5.41, 5.74) is 8.97. The Morgan fingerprint density at radius 3 is 1.88 bits per heavy atom. The Bertz CT molecular complexity index is 1280. The minimum absolute atomic E-state index is 0.107. The van der Waals surface area contributed by atoms with Crippen molar-refractivity contribution >= 4 is 17.9 Å². The largest absolute Gasteiger partial charge is 0.449 e. The lowest BCUT2D eigenvalue weighted by Gasteiger charge is -2.09. The van der Waals surface area contributed by atoms with Crippen molar-refractivity contribution in [2.24, 2.45) is 23.5 Å². The van der Waals surface area contributed by atoms with Gasteiger partial charge < -0.3 is 49.5 Å². The summed E-state index contributed by atoms with van der Waals surface area (Å²) in [5, 5.41) is 10.2. The maximum absolute atomic E-state index is 12.2. The third-order valence-corrected chi connectivity index (χ3v) is 8.74. The number of fused-ring (bicyclic) bond motifs is 2. The van der Waals surface area contributed by atoms with Crippen LogP contribution in [-0.2, 0) is 50.8 Å². The molecule has 1 heterocycles. The van der Waals surface area contributed by atoms with Gasteiger partial charge in [-0.3, -0.25) is 9.59 Å². The van der Waals surface area contributed by atoms with E-state index in [-0.39, 0.29) is 18.2 Å². The fourth-order valence-corrected chi connectivity index (χ4v) is 5.98. The van der Waals surface area contributed by atoms with E-state index < -0.39 is 6.09 Å². The predicted octanol–water partition coefficient (Wildman–Crippen LogP) is 1.67. The summed E-state index contributed by atoms with van der Waals surface area (Å²) in [5.74, 6) is 1.04. The van der Waals surface area contributed by atoms with Crippen molar-refractivity contribution in [3.05, 3.63) is 47.3 Å². The number of alkyl carbamates (subject to hydrolysis) is 1. The molecule has 1 aromatic heterocycles. The highest BCUT2D eigenvalue weighted by atomic mass is 16.6. The van der Waals surface area contributed by atoms with Gasteiger partial charge in [0.25, 0.3) is 5.91 Å². The van der Waals surface area contributed by atoms with Crippen LogP contribution < -0.4 is 16.4 Å². The first kappa shape index (κ1) is 39.2. The van der Waals surface area contributed by atoms with E-state index in [2.05, 4.69) is 16.8 Å². The van der Waals surface area contributed by atoms with Crippen molar-refractivity contribution in [1.29, 1.82) is 0 Å². The number of rotatable bonds is 25. The molecule has 3 atom stereocenters. The number of nitrogens with two attached hydrogens (primary N) is 1. The van der Waals surface area contributed by atoms with Gasteiger partial charge in [-0.25, -0.2) is 9.48 Å². The molecule has 1 fully saturated rings. The van der Waals surface area contributed by atoms with Gasteiger partial charge in [0.15, 0.2) is 0 Å². The number of primary amides is 1. The fraction of sp³-hybridized carbons (Fsp3) is 0.657. The minimum Gasteiger partial charge on any atom is -0.449 e. The van der Waals surface area contributed by atoms with Crippen molar-refractivity contribution < 1.29 is 47.5 Å². The first-order chi connectivity index (χ1) is 24.5. The Hall–Kier alpha value is -3.60. The average molecular weight is 704 g/mol. The molecule has 3 amide bonds. The normalized spacial score (nSPS) is 18.0. The molecule has 0 radical (unpaired) electrons. The lowest BCUT2D eigenvalue weighted by atomic mass is 9.99. The monoisotopic (exact) mass is 703 g/mol. The summed E-state index contributed by atoms with van der Waals surface area (Å²) in [6.45, 7) is 5.96. The number of amides is 3. The van der Waals surface area contributed by atoms with Gasteiger partial charge in [0.1, 0.15) is 0 Å². The topological polar surface area (TPSA) is 184 Å². The Morgan fingerprint density at radius 2 is 1.32 bits per heavy atom. The van der Waals surface area contributed by atoms with Crippen LogP contribution in [0.25, 0.3) is 5.69 Å². The van der Waals surface area contributed by atoms with Crippen LogP contribution in [0.15, 0.2) is 30.5 Å². The summed E-state index contributed by atoms with van der Waals surface area (Å²) >= 11 is 0. The smallest absolute Gasteiger partial charge is 0.407 e. The van der Waals surface area contributed by atoms with Gasteiger partial charge in [-0.2, -0.15) is 5.10 Å². The SMILES string of the molecule is CNC(=O)c1ccc(-n2cc3c(n2)CCC2C(CC3)C2COC(=O)NCCOCCOCCOCCOCCOCCOCCC(N)=O)cc1. The van der Waals surface area contributed by atoms with Crippen molar-refractivity contribution in [2.45, 2.75) is 32.1 Å². The highest BCUT2D eigenvalue weighted by molar-refractivity contribution is 5.94. The molecule has 15 nitrogen and oxygen atoms in total. The molecule has 3 unspecified atom stereocenters.